The number of fused-ring (bicyclic) bond motifs is 1. The minimum atomic E-state index is -0.00407. The maximum atomic E-state index is 12.6. The molecular weight excluding hydrogens is 274 g/mol. The SMILES string of the molecule is Cc1ccccc1C(=O)N[C@H]1CC(C)(C)Cc2c1cnn2C. The van der Waals surface area contributed by atoms with Gasteiger partial charge in [-0.2, -0.15) is 5.10 Å². The number of carbonyl (C=O) groups excluding carboxylic acids is 1. The Bertz CT molecular complexity index is 715. The minimum Gasteiger partial charge on any atom is -0.345 e. The number of nitrogens with one attached hydrogen (secondary N) is 1. The first kappa shape index (κ1) is 14.8. The van der Waals surface area contributed by atoms with Gasteiger partial charge in [-0.25, -0.2) is 0 Å². The van der Waals surface area contributed by atoms with Crippen LogP contribution in [-0.4, -0.2) is 15.7 Å². The van der Waals surface area contributed by atoms with E-state index in [-0.39, 0.29) is 17.4 Å². The molecule has 0 unspecified atom stereocenters. The Kier molecular flexibility index (Phi) is 3.55. The summed E-state index contributed by atoms with van der Waals surface area (Å²) < 4.78 is 1.93. The van der Waals surface area contributed by atoms with E-state index < -0.39 is 0 Å². The second kappa shape index (κ2) is 5.27. The second-order valence-electron chi connectivity index (χ2n) is 7.06. The number of carbonyl (C=O) groups is 1. The highest BCUT2D eigenvalue weighted by atomic mass is 16.1. The van der Waals surface area contributed by atoms with Crippen LogP contribution in [0.1, 0.15) is 53.5 Å². The molecular formula is C18H23N3O. The number of hydrogen-bond acceptors (Lipinski definition) is 2. The number of benzene rings is 1. The number of amides is 1. The van der Waals surface area contributed by atoms with Crippen LogP contribution in [-0.2, 0) is 13.5 Å². The molecule has 4 heteroatoms. The van der Waals surface area contributed by atoms with Crippen LogP contribution >= 0.6 is 0 Å². The maximum absolute atomic E-state index is 12.6. The van der Waals surface area contributed by atoms with Crippen molar-refractivity contribution in [3.63, 3.8) is 0 Å². The molecule has 116 valence electrons. The molecule has 1 aromatic carbocycles. The molecule has 2 aromatic rings. The summed E-state index contributed by atoms with van der Waals surface area (Å²) in [6, 6.07) is 7.73. The molecule has 1 amide bonds. The molecule has 22 heavy (non-hydrogen) atoms. The first-order valence-corrected chi connectivity index (χ1v) is 7.75. The molecule has 1 aliphatic rings. The summed E-state index contributed by atoms with van der Waals surface area (Å²) in [5.41, 5.74) is 4.29. The molecule has 1 N–H and O–H groups in total. The van der Waals surface area contributed by atoms with Crippen molar-refractivity contribution in [2.75, 3.05) is 0 Å². The molecule has 4 nitrogen and oxygen atoms in total. The lowest BCUT2D eigenvalue weighted by Gasteiger charge is -2.35. The summed E-state index contributed by atoms with van der Waals surface area (Å²) in [6.07, 6.45) is 3.83. The van der Waals surface area contributed by atoms with E-state index in [0.717, 1.165) is 29.5 Å². The highest BCUT2D eigenvalue weighted by Crippen LogP contribution is 2.40. The van der Waals surface area contributed by atoms with Crippen molar-refractivity contribution in [3.05, 3.63) is 52.8 Å². The molecule has 1 heterocycles. The topological polar surface area (TPSA) is 46.9 Å². The van der Waals surface area contributed by atoms with E-state index in [1.54, 1.807) is 0 Å². The summed E-state index contributed by atoms with van der Waals surface area (Å²) in [5, 5.41) is 7.59. The van der Waals surface area contributed by atoms with Crippen molar-refractivity contribution in [3.8, 4) is 0 Å². The van der Waals surface area contributed by atoms with Crippen molar-refractivity contribution in [2.45, 2.75) is 39.7 Å². The van der Waals surface area contributed by atoms with Gasteiger partial charge in [0.15, 0.2) is 0 Å². The van der Waals surface area contributed by atoms with Gasteiger partial charge in [-0.1, -0.05) is 32.0 Å². The highest BCUT2D eigenvalue weighted by molar-refractivity contribution is 5.95. The van der Waals surface area contributed by atoms with Gasteiger partial charge in [0.2, 0.25) is 0 Å². The Morgan fingerprint density at radius 1 is 1.36 bits per heavy atom. The molecule has 0 saturated carbocycles. The van der Waals surface area contributed by atoms with Crippen molar-refractivity contribution in [1.29, 1.82) is 0 Å². The third-order valence-corrected chi connectivity index (χ3v) is 4.57. The van der Waals surface area contributed by atoms with Crippen LogP contribution in [0.2, 0.25) is 0 Å². The smallest absolute Gasteiger partial charge is 0.252 e. The summed E-state index contributed by atoms with van der Waals surface area (Å²) in [4.78, 5) is 12.6. The van der Waals surface area contributed by atoms with E-state index in [4.69, 9.17) is 0 Å². The standard InChI is InChI=1S/C18H23N3O/c1-12-7-5-6-8-13(12)17(22)20-15-9-18(2,3)10-16-14(15)11-19-21(16)4/h5-8,11,15H,9-10H2,1-4H3,(H,20,22)/t15-/m0/s1. The van der Waals surface area contributed by atoms with E-state index in [1.807, 2.05) is 49.1 Å². The van der Waals surface area contributed by atoms with Gasteiger partial charge in [0.25, 0.3) is 5.91 Å². The third-order valence-electron chi connectivity index (χ3n) is 4.57. The van der Waals surface area contributed by atoms with Gasteiger partial charge >= 0.3 is 0 Å². The van der Waals surface area contributed by atoms with Crippen LogP contribution in [0.5, 0.6) is 0 Å². The molecule has 0 fully saturated rings. The first-order valence-electron chi connectivity index (χ1n) is 7.75. The zero-order chi connectivity index (χ0) is 15.9. The normalized spacial score (nSPS) is 19.5. The van der Waals surface area contributed by atoms with E-state index in [2.05, 4.69) is 24.3 Å². The largest absolute Gasteiger partial charge is 0.345 e. The van der Waals surface area contributed by atoms with Crippen molar-refractivity contribution in [1.82, 2.24) is 15.1 Å². The number of aryl methyl sites for hydroxylation is 2. The fourth-order valence-corrected chi connectivity index (χ4v) is 3.37. The lowest BCUT2D eigenvalue weighted by atomic mass is 9.74. The Morgan fingerprint density at radius 3 is 2.82 bits per heavy atom. The average Bonchev–Trinajstić information content (AvgIpc) is 2.79. The van der Waals surface area contributed by atoms with Crippen LogP contribution in [0, 0.1) is 12.3 Å². The molecule has 0 saturated heterocycles. The average molecular weight is 297 g/mol. The summed E-state index contributed by atoms with van der Waals surface area (Å²) >= 11 is 0. The second-order valence-corrected chi connectivity index (χ2v) is 7.06. The summed E-state index contributed by atoms with van der Waals surface area (Å²) in [6.45, 7) is 6.46. The zero-order valence-corrected chi connectivity index (χ0v) is 13.7. The van der Waals surface area contributed by atoms with Gasteiger partial charge in [-0.3, -0.25) is 9.48 Å². The predicted molar refractivity (Wildman–Crippen MR) is 86.7 cm³/mol. The van der Waals surface area contributed by atoms with Crippen LogP contribution in [0.4, 0.5) is 0 Å². The number of hydrogen-bond donors (Lipinski definition) is 1. The van der Waals surface area contributed by atoms with Gasteiger partial charge in [0.1, 0.15) is 0 Å². The molecule has 0 spiro atoms. The van der Waals surface area contributed by atoms with E-state index in [9.17, 15) is 4.79 Å². The quantitative estimate of drug-likeness (QED) is 0.925. The summed E-state index contributed by atoms with van der Waals surface area (Å²) in [5.74, 6) is -0.00407. The molecule has 1 aliphatic carbocycles. The Balaban J connectivity index is 1.89. The van der Waals surface area contributed by atoms with Crippen molar-refractivity contribution < 1.29 is 4.79 Å². The molecule has 1 atom stereocenters. The van der Waals surface area contributed by atoms with Gasteiger partial charge in [0, 0.05) is 23.9 Å². The van der Waals surface area contributed by atoms with Gasteiger partial charge in [-0.05, 0) is 36.8 Å². The Morgan fingerprint density at radius 2 is 2.09 bits per heavy atom. The zero-order valence-electron chi connectivity index (χ0n) is 13.7. The van der Waals surface area contributed by atoms with Crippen molar-refractivity contribution >= 4 is 5.91 Å². The monoisotopic (exact) mass is 297 g/mol. The maximum Gasteiger partial charge on any atom is 0.252 e. The first-order chi connectivity index (χ1) is 10.4. The van der Waals surface area contributed by atoms with Gasteiger partial charge in [-0.15, -0.1) is 0 Å². The lowest BCUT2D eigenvalue weighted by molar-refractivity contribution is 0.0918. The van der Waals surface area contributed by atoms with Crippen LogP contribution in [0.3, 0.4) is 0 Å². The molecule has 1 aromatic heterocycles. The Hall–Kier alpha value is -2.10. The Labute approximate surface area is 131 Å². The van der Waals surface area contributed by atoms with E-state index in [1.165, 1.54) is 5.69 Å². The van der Waals surface area contributed by atoms with Gasteiger partial charge in [0.05, 0.1) is 12.2 Å². The van der Waals surface area contributed by atoms with E-state index in [0.29, 0.717) is 0 Å². The minimum absolute atomic E-state index is 0.00407. The molecule has 0 bridgehead atoms. The fraction of sp³-hybridized carbons (Fsp3) is 0.444. The number of nitrogens with zero attached hydrogens (tertiary/aromatic N) is 2. The summed E-state index contributed by atoms with van der Waals surface area (Å²) in [7, 11) is 1.97. The third kappa shape index (κ3) is 2.65. The van der Waals surface area contributed by atoms with Gasteiger partial charge < -0.3 is 5.32 Å². The van der Waals surface area contributed by atoms with Crippen LogP contribution in [0.25, 0.3) is 0 Å². The van der Waals surface area contributed by atoms with E-state index >= 15 is 0 Å². The number of aromatic nitrogens is 2. The molecule has 0 aliphatic heterocycles. The van der Waals surface area contributed by atoms with Crippen LogP contribution in [0.15, 0.2) is 30.5 Å². The molecule has 3 rings (SSSR count). The van der Waals surface area contributed by atoms with Crippen LogP contribution < -0.4 is 5.32 Å². The highest BCUT2D eigenvalue weighted by Gasteiger charge is 2.35. The molecule has 0 radical (unpaired) electrons. The number of rotatable bonds is 2. The fourth-order valence-electron chi connectivity index (χ4n) is 3.37. The van der Waals surface area contributed by atoms with Crippen molar-refractivity contribution in [2.24, 2.45) is 12.5 Å². The predicted octanol–water partition coefficient (Wildman–Crippen LogP) is 3.17. The lowest BCUT2D eigenvalue weighted by Crippen LogP contribution is -2.37.